The lowest BCUT2D eigenvalue weighted by Crippen LogP contribution is -2.20. The number of nitrogens with one attached hydrogen (secondary N) is 1. The molecule has 1 aromatic carbocycles. The van der Waals surface area contributed by atoms with Crippen molar-refractivity contribution in [1.82, 2.24) is 0 Å². The molecular weight excluding hydrogens is 241 g/mol. The van der Waals surface area contributed by atoms with E-state index >= 15 is 0 Å². The number of anilines is 1. The molecule has 0 aromatic heterocycles. The van der Waals surface area contributed by atoms with Crippen molar-refractivity contribution in [2.75, 3.05) is 5.32 Å². The van der Waals surface area contributed by atoms with Crippen LogP contribution in [-0.4, -0.2) is 5.91 Å². The van der Waals surface area contributed by atoms with Crippen molar-refractivity contribution < 1.29 is 9.18 Å². The van der Waals surface area contributed by atoms with Crippen molar-refractivity contribution in [1.29, 1.82) is 0 Å². The minimum atomic E-state index is -0.305. The molecular formula is C16H20FNO. The molecule has 0 spiro atoms. The van der Waals surface area contributed by atoms with Gasteiger partial charge in [-0.15, -0.1) is 0 Å². The van der Waals surface area contributed by atoms with E-state index in [1.807, 2.05) is 6.92 Å². The maximum Gasteiger partial charge on any atom is 0.224 e. The average Bonchev–Trinajstić information content (AvgIpc) is 2.96. The molecule has 3 atom stereocenters. The van der Waals surface area contributed by atoms with Gasteiger partial charge < -0.3 is 5.32 Å². The summed E-state index contributed by atoms with van der Waals surface area (Å²) < 4.78 is 13.2. The third-order valence-corrected chi connectivity index (χ3v) is 4.81. The number of hydrogen-bond acceptors (Lipinski definition) is 1. The fraction of sp³-hybridized carbons (Fsp3) is 0.562. The third-order valence-electron chi connectivity index (χ3n) is 4.81. The topological polar surface area (TPSA) is 29.1 Å². The van der Waals surface area contributed by atoms with Crippen molar-refractivity contribution in [2.45, 2.75) is 39.0 Å². The molecule has 1 aromatic rings. The number of rotatable bonds is 3. The molecule has 2 nitrogen and oxygen atoms in total. The Labute approximate surface area is 113 Å². The Kier molecular flexibility index (Phi) is 3.29. The summed E-state index contributed by atoms with van der Waals surface area (Å²) in [5, 5.41) is 2.86. The zero-order valence-electron chi connectivity index (χ0n) is 11.3. The summed E-state index contributed by atoms with van der Waals surface area (Å²) >= 11 is 0. The highest BCUT2D eigenvalue weighted by Gasteiger charge is 2.40. The quantitative estimate of drug-likeness (QED) is 0.878. The lowest BCUT2D eigenvalue weighted by Gasteiger charge is -2.21. The number of hydrogen-bond donors (Lipinski definition) is 1. The van der Waals surface area contributed by atoms with Gasteiger partial charge in [0, 0.05) is 12.1 Å². The van der Waals surface area contributed by atoms with Crippen LogP contribution in [0.2, 0.25) is 0 Å². The highest BCUT2D eigenvalue weighted by atomic mass is 19.1. The summed E-state index contributed by atoms with van der Waals surface area (Å²) in [7, 11) is 0. The maximum absolute atomic E-state index is 13.2. The van der Waals surface area contributed by atoms with Crippen LogP contribution in [0.4, 0.5) is 10.1 Å². The highest BCUT2D eigenvalue weighted by molar-refractivity contribution is 5.91. The van der Waals surface area contributed by atoms with Crippen molar-refractivity contribution >= 4 is 11.6 Å². The van der Waals surface area contributed by atoms with Gasteiger partial charge in [0.05, 0.1) is 0 Å². The van der Waals surface area contributed by atoms with Gasteiger partial charge in [-0.2, -0.15) is 0 Å². The number of benzene rings is 1. The first-order valence-corrected chi connectivity index (χ1v) is 7.18. The Morgan fingerprint density at radius 2 is 2.21 bits per heavy atom. The second kappa shape index (κ2) is 4.95. The molecule has 3 rings (SSSR count). The molecule has 0 saturated heterocycles. The monoisotopic (exact) mass is 261 g/mol. The molecule has 19 heavy (non-hydrogen) atoms. The van der Waals surface area contributed by atoms with Crippen molar-refractivity contribution in [3.8, 4) is 0 Å². The molecule has 2 aliphatic rings. The van der Waals surface area contributed by atoms with E-state index in [9.17, 15) is 9.18 Å². The average molecular weight is 261 g/mol. The van der Waals surface area contributed by atoms with E-state index in [4.69, 9.17) is 0 Å². The van der Waals surface area contributed by atoms with E-state index in [-0.39, 0.29) is 11.7 Å². The number of aryl methyl sites for hydroxylation is 1. The Morgan fingerprint density at radius 3 is 2.89 bits per heavy atom. The first-order valence-electron chi connectivity index (χ1n) is 7.18. The number of halogens is 1. The van der Waals surface area contributed by atoms with Crippen LogP contribution in [0, 0.1) is 30.5 Å². The molecule has 0 heterocycles. The SMILES string of the molecule is Cc1ccc(F)cc1NC(=O)C[C@H]1C[C@H]2CC[C@@H]1C2. The fourth-order valence-corrected chi connectivity index (χ4v) is 3.79. The van der Waals surface area contributed by atoms with E-state index < -0.39 is 0 Å². The van der Waals surface area contributed by atoms with Crippen LogP contribution in [0.15, 0.2) is 18.2 Å². The van der Waals surface area contributed by atoms with Crippen LogP contribution in [0.25, 0.3) is 0 Å². The minimum absolute atomic E-state index is 0.0336. The van der Waals surface area contributed by atoms with E-state index in [1.54, 1.807) is 6.07 Å². The lowest BCUT2D eigenvalue weighted by molar-refractivity contribution is -0.117. The number of carbonyl (C=O) groups excluding carboxylic acids is 1. The largest absolute Gasteiger partial charge is 0.326 e. The minimum Gasteiger partial charge on any atom is -0.326 e. The van der Waals surface area contributed by atoms with E-state index in [1.165, 1.54) is 37.8 Å². The second-order valence-electron chi connectivity index (χ2n) is 6.15. The molecule has 2 saturated carbocycles. The van der Waals surface area contributed by atoms with E-state index in [0.717, 1.165) is 17.4 Å². The van der Waals surface area contributed by atoms with Crippen molar-refractivity contribution in [2.24, 2.45) is 17.8 Å². The molecule has 0 unspecified atom stereocenters. The zero-order valence-corrected chi connectivity index (χ0v) is 11.3. The molecule has 1 amide bonds. The lowest BCUT2D eigenvalue weighted by atomic mass is 9.86. The van der Waals surface area contributed by atoms with Crippen LogP contribution in [0.3, 0.4) is 0 Å². The second-order valence-corrected chi connectivity index (χ2v) is 6.15. The van der Waals surface area contributed by atoms with Gasteiger partial charge in [0.15, 0.2) is 0 Å². The number of amides is 1. The molecule has 102 valence electrons. The summed E-state index contributed by atoms with van der Waals surface area (Å²) in [6.07, 6.45) is 5.77. The summed E-state index contributed by atoms with van der Waals surface area (Å²) in [4.78, 5) is 12.1. The summed E-state index contributed by atoms with van der Waals surface area (Å²) in [5.41, 5.74) is 1.51. The number of fused-ring (bicyclic) bond motifs is 2. The van der Waals surface area contributed by atoms with Gasteiger partial charge >= 0.3 is 0 Å². The molecule has 2 bridgehead atoms. The molecule has 3 heteroatoms. The zero-order chi connectivity index (χ0) is 13.4. The molecule has 0 aliphatic heterocycles. The number of carbonyl (C=O) groups is 1. The van der Waals surface area contributed by atoms with Crippen LogP contribution in [0.1, 0.15) is 37.7 Å². The Morgan fingerprint density at radius 1 is 1.37 bits per heavy atom. The molecule has 1 N–H and O–H groups in total. The van der Waals surface area contributed by atoms with Gasteiger partial charge in [-0.1, -0.05) is 12.5 Å². The van der Waals surface area contributed by atoms with Gasteiger partial charge in [0.2, 0.25) is 5.91 Å². The Bertz CT molecular complexity index is 500. The summed E-state index contributed by atoms with van der Waals surface area (Å²) in [6.45, 7) is 1.88. The Balaban J connectivity index is 1.61. The highest BCUT2D eigenvalue weighted by Crippen LogP contribution is 2.49. The van der Waals surface area contributed by atoms with Gasteiger partial charge in [-0.3, -0.25) is 4.79 Å². The third kappa shape index (κ3) is 2.65. The molecule has 2 aliphatic carbocycles. The van der Waals surface area contributed by atoms with E-state index in [2.05, 4.69) is 5.32 Å². The predicted molar refractivity (Wildman–Crippen MR) is 73.3 cm³/mol. The van der Waals surface area contributed by atoms with Gasteiger partial charge in [-0.25, -0.2) is 4.39 Å². The van der Waals surface area contributed by atoms with Gasteiger partial charge in [-0.05, 0) is 61.6 Å². The van der Waals surface area contributed by atoms with Crippen molar-refractivity contribution in [3.05, 3.63) is 29.6 Å². The van der Waals surface area contributed by atoms with Crippen LogP contribution >= 0.6 is 0 Å². The summed E-state index contributed by atoms with van der Waals surface area (Å²) in [5.74, 6) is 1.89. The molecule has 0 radical (unpaired) electrons. The Hall–Kier alpha value is -1.38. The molecule has 2 fully saturated rings. The van der Waals surface area contributed by atoms with Crippen LogP contribution < -0.4 is 5.32 Å². The van der Waals surface area contributed by atoms with Gasteiger partial charge in [0.1, 0.15) is 5.82 Å². The standard InChI is InChI=1S/C16H20FNO/c1-10-2-5-14(17)9-15(10)18-16(19)8-13-7-11-3-4-12(13)6-11/h2,5,9,11-13H,3-4,6-8H2,1H3,(H,18,19)/t11-,12+,13+/m0/s1. The first-order chi connectivity index (χ1) is 9.11. The van der Waals surface area contributed by atoms with Crippen LogP contribution in [-0.2, 0) is 4.79 Å². The van der Waals surface area contributed by atoms with Crippen LogP contribution in [0.5, 0.6) is 0 Å². The summed E-state index contributed by atoms with van der Waals surface area (Å²) in [6, 6.07) is 4.51. The first kappa shape index (κ1) is 12.6. The maximum atomic E-state index is 13.2. The normalized spacial score (nSPS) is 28.6. The smallest absolute Gasteiger partial charge is 0.224 e. The predicted octanol–water partition coefficient (Wildman–Crippen LogP) is 3.90. The van der Waals surface area contributed by atoms with E-state index in [0.29, 0.717) is 18.0 Å². The van der Waals surface area contributed by atoms with Crippen molar-refractivity contribution in [3.63, 3.8) is 0 Å². The fourth-order valence-electron chi connectivity index (χ4n) is 3.79. The van der Waals surface area contributed by atoms with Gasteiger partial charge in [0.25, 0.3) is 0 Å².